The maximum Gasteiger partial charge on any atom is 0.305 e. The Morgan fingerprint density at radius 2 is 1.95 bits per heavy atom. The van der Waals surface area contributed by atoms with Crippen molar-refractivity contribution in [3.8, 4) is 0 Å². The van der Waals surface area contributed by atoms with Gasteiger partial charge in [0, 0.05) is 5.56 Å². The fraction of sp³-hybridized carbons (Fsp3) is 0.429. The van der Waals surface area contributed by atoms with E-state index < -0.39 is 11.5 Å². The molecule has 7 heteroatoms. The van der Waals surface area contributed by atoms with Crippen LogP contribution in [-0.2, 0) is 4.79 Å². The number of carbonyl (C=O) groups excluding carboxylic acids is 1. The summed E-state index contributed by atoms with van der Waals surface area (Å²) in [6.45, 7) is 0. The van der Waals surface area contributed by atoms with Crippen molar-refractivity contribution in [3.63, 3.8) is 0 Å². The molecule has 0 spiro atoms. The van der Waals surface area contributed by atoms with Gasteiger partial charge in [-0.1, -0.05) is 12.8 Å². The highest BCUT2D eigenvalue weighted by Crippen LogP contribution is 2.33. The molecule has 21 heavy (non-hydrogen) atoms. The topological polar surface area (TPSA) is 108 Å². The highest BCUT2D eigenvalue weighted by molar-refractivity contribution is 5.97. The number of nitrogens with one attached hydrogen (secondary N) is 2. The minimum atomic E-state index is -0.885. The predicted octanol–water partition coefficient (Wildman–Crippen LogP) is 1.48. The van der Waals surface area contributed by atoms with Gasteiger partial charge in [-0.05, 0) is 31.0 Å². The van der Waals surface area contributed by atoms with E-state index in [4.69, 9.17) is 5.11 Å². The van der Waals surface area contributed by atoms with E-state index in [1.807, 2.05) is 0 Å². The fourth-order valence-corrected chi connectivity index (χ4v) is 2.98. The van der Waals surface area contributed by atoms with Gasteiger partial charge in [-0.15, -0.1) is 0 Å². The zero-order chi connectivity index (χ0) is 14.9. The fourth-order valence-electron chi connectivity index (χ4n) is 2.98. The molecule has 7 nitrogen and oxygen atoms in total. The first kappa shape index (κ1) is 13.5. The lowest BCUT2D eigenvalue weighted by Gasteiger charge is -2.28. The number of aromatic nitrogens is 3. The summed E-state index contributed by atoms with van der Waals surface area (Å²) in [6, 6.07) is 5.04. The van der Waals surface area contributed by atoms with E-state index >= 15 is 0 Å². The zero-order valence-corrected chi connectivity index (χ0v) is 11.4. The second kappa shape index (κ2) is 5.16. The van der Waals surface area contributed by atoms with Crippen LogP contribution in [0, 0.1) is 0 Å². The van der Waals surface area contributed by atoms with Crippen molar-refractivity contribution in [2.75, 3.05) is 0 Å². The van der Waals surface area contributed by atoms with Gasteiger partial charge < -0.3 is 10.4 Å². The quantitative estimate of drug-likeness (QED) is 0.789. The lowest BCUT2D eigenvalue weighted by Crippen LogP contribution is -2.47. The Bertz CT molecular complexity index is 688. The number of nitrogens with zero attached hydrogens (tertiary/aromatic N) is 2. The molecule has 1 saturated carbocycles. The van der Waals surface area contributed by atoms with Crippen LogP contribution in [0.25, 0.3) is 11.0 Å². The molecule has 0 unspecified atom stereocenters. The SMILES string of the molecule is O=C(O)CC1(NC(=O)c2ccc3n[nH]nc3c2)CCCC1. The third-order valence-corrected chi connectivity index (χ3v) is 4.01. The zero-order valence-electron chi connectivity index (χ0n) is 11.4. The molecule has 0 radical (unpaired) electrons. The average molecular weight is 288 g/mol. The summed E-state index contributed by atoms with van der Waals surface area (Å²) in [5.74, 6) is -1.15. The predicted molar refractivity (Wildman–Crippen MR) is 74.8 cm³/mol. The minimum Gasteiger partial charge on any atom is -0.481 e. The minimum absolute atomic E-state index is 0.0368. The van der Waals surface area contributed by atoms with E-state index in [1.54, 1.807) is 18.2 Å². The van der Waals surface area contributed by atoms with Crippen LogP contribution in [0.4, 0.5) is 0 Å². The average Bonchev–Trinajstić information content (AvgIpc) is 3.06. The van der Waals surface area contributed by atoms with Gasteiger partial charge in [0.1, 0.15) is 11.0 Å². The molecule has 2 aromatic rings. The van der Waals surface area contributed by atoms with Crippen molar-refractivity contribution in [1.29, 1.82) is 0 Å². The van der Waals surface area contributed by atoms with Gasteiger partial charge in [-0.3, -0.25) is 9.59 Å². The van der Waals surface area contributed by atoms with Gasteiger partial charge in [0.2, 0.25) is 0 Å². The summed E-state index contributed by atoms with van der Waals surface area (Å²) in [5, 5.41) is 22.4. The van der Waals surface area contributed by atoms with Gasteiger partial charge in [0.05, 0.1) is 12.0 Å². The van der Waals surface area contributed by atoms with Crippen LogP contribution in [0.1, 0.15) is 42.5 Å². The van der Waals surface area contributed by atoms with Crippen molar-refractivity contribution < 1.29 is 14.7 Å². The van der Waals surface area contributed by atoms with E-state index in [-0.39, 0.29) is 12.3 Å². The first-order valence-corrected chi connectivity index (χ1v) is 6.93. The molecule has 1 aromatic carbocycles. The number of aromatic amines is 1. The number of benzene rings is 1. The molecule has 3 rings (SSSR count). The number of aliphatic carboxylic acids is 1. The lowest BCUT2D eigenvalue weighted by atomic mass is 9.92. The van der Waals surface area contributed by atoms with Crippen molar-refractivity contribution in [2.24, 2.45) is 0 Å². The number of hydrogen-bond acceptors (Lipinski definition) is 4. The maximum absolute atomic E-state index is 12.4. The Hall–Kier alpha value is -2.44. The van der Waals surface area contributed by atoms with Crippen LogP contribution in [0.2, 0.25) is 0 Å². The van der Waals surface area contributed by atoms with Crippen LogP contribution in [-0.4, -0.2) is 37.9 Å². The normalized spacial score (nSPS) is 17.0. The molecule has 1 amide bonds. The molecular weight excluding hydrogens is 272 g/mol. The molecule has 0 atom stereocenters. The molecule has 3 N–H and O–H groups in total. The monoisotopic (exact) mass is 288 g/mol. The third kappa shape index (κ3) is 2.72. The smallest absolute Gasteiger partial charge is 0.305 e. The Kier molecular flexibility index (Phi) is 3.32. The highest BCUT2D eigenvalue weighted by Gasteiger charge is 2.37. The van der Waals surface area contributed by atoms with Gasteiger partial charge in [0.25, 0.3) is 5.91 Å². The van der Waals surface area contributed by atoms with Crippen molar-refractivity contribution in [3.05, 3.63) is 23.8 Å². The van der Waals surface area contributed by atoms with Crippen molar-refractivity contribution >= 4 is 22.9 Å². The van der Waals surface area contributed by atoms with Crippen LogP contribution >= 0.6 is 0 Å². The number of H-pyrrole nitrogens is 1. The summed E-state index contributed by atoms with van der Waals surface area (Å²) in [7, 11) is 0. The standard InChI is InChI=1S/C14H16N4O3/c19-12(20)8-14(5-1-2-6-14)15-13(21)9-3-4-10-11(7-9)17-18-16-10/h3-4,7H,1-2,5-6,8H2,(H,15,21)(H,19,20)(H,16,17,18). The molecule has 1 aliphatic carbocycles. The van der Waals surface area contributed by atoms with Gasteiger partial charge in [0.15, 0.2) is 0 Å². The van der Waals surface area contributed by atoms with Gasteiger partial charge >= 0.3 is 5.97 Å². The molecule has 0 saturated heterocycles. The van der Waals surface area contributed by atoms with E-state index in [2.05, 4.69) is 20.7 Å². The molecule has 1 heterocycles. The number of carboxylic acid groups (broad SMARTS) is 1. The molecule has 110 valence electrons. The summed E-state index contributed by atoms with van der Waals surface area (Å²) in [4.78, 5) is 23.4. The summed E-state index contributed by atoms with van der Waals surface area (Å²) < 4.78 is 0. The maximum atomic E-state index is 12.4. The molecular formula is C14H16N4O3. The van der Waals surface area contributed by atoms with Crippen LogP contribution in [0.5, 0.6) is 0 Å². The molecule has 0 bridgehead atoms. The molecule has 1 aliphatic rings. The Balaban J connectivity index is 1.81. The number of rotatable bonds is 4. The van der Waals surface area contributed by atoms with Gasteiger partial charge in [-0.25, -0.2) is 0 Å². The van der Waals surface area contributed by atoms with Crippen molar-refractivity contribution in [2.45, 2.75) is 37.6 Å². The number of carbonyl (C=O) groups is 2. The van der Waals surface area contributed by atoms with Crippen LogP contribution in [0.15, 0.2) is 18.2 Å². The first-order valence-electron chi connectivity index (χ1n) is 6.93. The third-order valence-electron chi connectivity index (χ3n) is 4.01. The van der Waals surface area contributed by atoms with Gasteiger partial charge in [-0.2, -0.15) is 15.4 Å². The second-order valence-electron chi connectivity index (χ2n) is 5.54. The van der Waals surface area contributed by atoms with E-state index in [0.717, 1.165) is 12.8 Å². The highest BCUT2D eigenvalue weighted by atomic mass is 16.4. The first-order chi connectivity index (χ1) is 10.1. The molecule has 0 aliphatic heterocycles. The van der Waals surface area contributed by atoms with E-state index in [1.165, 1.54) is 0 Å². The van der Waals surface area contributed by atoms with Crippen LogP contribution in [0.3, 0.4) is 0 Å². The Labute approximate surface area is 120 Å². The molecule has 1 fully saturated rings. The summed E-state index contributed by atoms with van der Waals surface area (Å²) in [5.41, 5.74) is 1.14. The summed E-state index contributed by atoms with van der Waals surface area (Å²) >= 11 is 0. The molecule has 1 aromatic heterocycles. The van der Waals surface area contributed by atoms with E-state index in [9.17, 15) is 9.59 Å². The van der Waals surface area contributed by atoms with Crippen LogP contribution < -0.4 is 5.32 Å². The number of fused-ring (bicyclic) bond motifs is 1. The number of hydrogen-bond donors (Lipinski definition) is 3. The summed E-state index contributed by atoms with van der Waals surface area (Å²) in [6.07, 6.45) is 3.26. The largest absolute Gasteiger partial charge is 0.481 e. The second-order valence-corrected chi connectivity index (χ2v) is 5.54. The Morgan fingerprint density at radius 3 is 2.67 bits per heavy atom. The van der Waals surface area contributed by atoms with Crippen molar-refractivity contribution in [1.82, 2.24) is 20.7 Å². The lowest BCUT2D eigenvalue weighted by molar-refractivity contribution is -0.138. The van der Waals surface area contributed by atoms with E-state index in [0.29, 0.717) is 29.4 Å². The number of carboxylic acids is 1. The number of amides is 1. The Morgan fingerprint density at radius 1 is 1.24 bits per heavy atom.